The second-order valence-electron chi connectivity index (χ2n) is 10.2. The van der Waals surface area contributed by atoms with Crippen LogP contribution in [0.15, 0.2) is 35.3 Å². The van der Waals surface area contributed by atoms with Crippen molar-refractivity contribution in [2.24, 2.45) is 11.8 Å². The number of aromatic nitrogens is 3. The van der Waals surface area contributed by atoms with Crippen LogP contribution in [0.5, 0.6) is 0 Å². The van der Waals surface area contributed by atoms with Crippen molar-refractivity contribution in [1.29, 1.82) is 5.26 Å². The van der Waals surface area contributed by atoms with Crippen molar-refractivity contribution in [2.75, 3.05) is 25.1 Å². The van der Waals surface area contributed by atoms with E-state index in [4.69, 9.17) is 9.84 Å². The van der Waals surface area contributed by atoms with Gasteiger partial charge >= 0.3 is 0 Å². The van der Waals surface area contributed by atoms with Crippen molar-refractivity contribution in [3.63, 3.8) is 0 Å². The SMILES string of the molecule is Cc1cc(Nc2nn(C(CC#N)C3CC3)c3cc[nH]c(=O)c23)ccc1C(=O)N1CCOCC1C(C)C. The Morgan fingerprint density at radius 3 is 2.83 bits per heavy atom. The number of nitrogens with one attached hydrogen (secondary N) is 2. The summed E-state index contributed by atoms with van der Waals surface area (Å²) < 4.78 is 7.45. The number of rotatable bonds is 7. The quantitative estimate of drug-likeness (QED) is 0.516. The molecule has 188 valence electrons. The van der Waals surface area contributed by atoms with Crippen LogP contribution in [0.25, 0.3) is 10.9 Å². The van der Waals surface area contributed by atoms with E-state index >= 15 is 0 Å². The van der Waals surface area contributed by atoms with Gasteiger partial charge in [-0.3, -0.25) is 14.3 Å². The molecule has 9 nitrogen and oxygen atoms in total. The zero-order valence-corrected chi connectivity index (χ0v) is 21.0. The second kappa shape index (κ2) is 9.78. The largest absolute Gasteiger partial charge is 0.377 e. The first kappa shape index (κ1) is 24.1. The molecule has 1 saturated heterocycles. The van der Waals surface area contributed by atoms with Gasteiger partial charge in [-0.25, -0.2) is 0 Å². The minimum atomic E-state index is -0.233. The van der Waals surface area contributed by atoms with E-state index in [0.29, 0.717) is 60.3 Å². The molecule has 2 aromatic heterocycles. The maximum atomic E-state index is 13.4. The van der Waals surface area contributed by atoms with Crippen LogP contribution in [0.2, 0.25) is 0 Å². The molecule has 2 N–H and O–H groups in total. The van der Waals surface area contributed by atoms with Gasteiger partial charge in [0.05, 0.1) is 43.3 Å². The molecule has 2 aliphatic rings. The number of hydrogen-bond donors (Lipinski definition) is 2. The zero-order chi connectivity index (χ0) is 25.4. The topological polar surface area (TPSA) is 116 Å². The summed E-state index contributed by atoms with van der Waals surface area (Å²) in [5.74, 6) is 1.16. The Hall–Kier alpha value is -3.64. The lowest BCUT2D eigenvalue weighted by molar-refractivity contribution is -0.0155. The van der Waals surface area contributed by atoms with Gasteiger partial charge in [-0.1, -0.05) is 13.8 Å². The molecule has 36 heavy (non-hydrogen) atoms. The first-order valence-corrected chi connectivity index (χ1v) is 12.6. The van der Waals surface area contributed by atoms with Gasteiger partial charge in [0.2, 0.25) is 0 Å². The first-order chi connectivity index (χ1) is 17.4. The van der Waals surface area contributed by atoms with Gasteiger partial charge in [0, 0.05) is 24.0 Å². The zero-order valence-electron chi connectivity index (χ0n) is 21.0. The maximum absolute atomic E-state index is 13.4. The second-order valence-corrected chi connectivity index (χ2v) is 10.2. The fourth-order valence-corrected chi connectivity index (χ4v) is 5.17. The van der Waals surface area contributed by atoms with E-state index in [1.807, 2.05) is 40.8 Å². The molecule has 2 unspecified atom stereocenters. The highest BCUT2D eigenvalue weighted by Gasteiger charge is 2.35. The van der Waals surface area contributed by atoms with Crippen molar-refractivity contribution < 1.29 is 9.53 Å². The van der Waals surface area contributed by atoms with Gasteiger partial charge < -0.3 is 19.9 Å². The van der Waals surface area contributed by atoms with E-state index in [1.165, 1.54) is 0 Å². The minimum Gasteiger partial charge on any atom is -0.377 e. The van der Waals surface area contributed by atoms with Crippen LogP contribution in [0.3, 0.4) is 0 Å². The number of nitriles is 1. The van der Waals surface area contributed by atoms with Gasteiger partial charge in [0.1, 0.15) is 5.39 Å². The average molecular weight is 489 g/mol. The minimum absolute atomic E-state index is 0.0102. The lowest BCUT2D eigenvalue weighted by atomic mass is 9.99. The first-order valence-electron chi connectivity index (χ1n) is 12.6. The van der Waals surface area contributed by atoms with Crippen LogP contribution >= 0.6 is 0 Å². The van der Waals surface area contributed by atoms with Crippen molar-refractivity contribution in [3.8, 4) is 6.07 Å². The molecule has 1 aliphatic heterocycles. The Morgan fingerprint density at radius 2 is 2.14 bits per heavy atom. The number of nitrogens with zero attached hydrogens (tertiary/aromatic N) is 4. The molecule has 0 radical (unpaired) electrons. The molecule has 0 spiro atoms. The predicted octanol–water partition coefficient (Wildman–Crippen LogP) is 4.14. The van der Waals surface area contributed by atoms with Gasteiger partial charge in [-0.05, 0) is 61.4 Å². The highest BCUT2D eigenvalue weighted by Crippen LogP contribution is 2.43. The van der Waals surface area contributed by atoms with E-state index in [2.05, 4.69) is 30.2 Å². The smallest absolute Gasteiger partial charge is 0.261 e. The number of morpholine rings is 1. The number of carbonyl (C=O) groups excluding carboxylic acids is 1. The third-order valence-corrected chi connectivity index (χ3v) is 7.33. The number of amides is 1. The van der Waals surface area contributed by atoms with Crippen LogP contribution in [-0.2, 0) is 4.74 Å². The van der Waals surface area contributed by atoms with Crippen LogP contribution in [-0.4, -0.2) is 51.4 Å². The third-order valence-electron chi connectivity index (χ3n) is 7.33. The van der Waals surface area contributed by atoms with Gasteiger partial charge in [0.25, 0.3) is 11.5 Å². The lowest BCUT2D eigenvalue weighted by Crippen LogP contribution is -2.51. The highest BCUT2D eigenvalue weighted by molar-refractivity contribution is 5.97. The molecule has 9 heteroatoms. The van der Waals surface area contributed by atoms with Crippen LogP contribution in [0.1, 0.15) is 55.1 Å². The Morgan fingerprint density at radius 1 is 1.33 bits per heavy atom. The predicted molar refractivity (Wildman–Crippen MR) is 137 cm³/mol. The summed E-state index contributed by atoms with van der Waals surface area (Å²) in [6.45, 7) is 7.82. The number of H-pyrrole nitrogens is 1. The summed E-state index contributed by atoms with van der Waals surface area (Å²) in [5, 5.41) is 17.9. The summed E-state index contributed by atoms with van der Waals surface area (Å²) in [4.78, 5) is 30.8. The molecular formula is C27H32N6O3. The van der Waals surface area contributed by atoms with E-state index in [-0.39, 0.29) is 23.6 Å². The van der Waals surface area contributed by atoms with Gasteiger partial charge in [-0.15, -0.1) is 0 Å². The maximum Gasteiger partial charge on any atom is 0.261 e. The molecule has 3 heterocycles. The Bertz CT molecular complexity index is 1380. The number of aromatic amines is 1. The molecule has 1 saturated carbocycles. The number of fused-ring (bicyclic) bond motifs is 1. The van der Waals surface area contributed by atoms with E-state index < -0.39 is 0 Å². The van der Waals surface area contributed by atoms with Gasteiger partial charge in [-0.2, -0.15) is 10.4 Å². The Balaban J connectivity index is 1.45. The van der Waals surface area contributed by atoms with Crippen LogP contribution in [0, 0.1) is 30.1 Å². The van der Waals surface area contributed by atoms with Crippen LogP contribution in [0.4, 0.5) is 11.5 Å². The number of pyridine rings is 1. The fourth-order valence-electron chi connectivity index (χ4n) is 5.17. The number of carbonyl (C=O) groups is 1. The molecule has 0 bridgehead atoms. The number of ether oxygens (including phenoxy) is 1. The molecule has 2 atom stereocenters. The van der Waals surface area contributed by atoms with Crippen molar-refractivity contribution in [3.05, 3.63) is 51.9 Å². The highest BCUT2D eigenvalue weighted by atomic mass is 16.5. The summed E-state index contributed by atoms with van der Waals surface area (Å²) in [6, 6.07) is 9.70. The molecular weight excluding hydrogens is 456 g/mol. The molecule has 1 amide bonds. The van der Waals surface area contributed by atoms with E-state index in [9.17, 15) is 14.9 Å². The standard InChI is InChI=1S/C27H32N6O3/c1-16(2)23-15-36-13-12-32(23)27(35)20-7-6-19(14-17(20)3)30-25-24-22(9-11-29-26(24)34)33(31-25)21(8-10-28)18-4-5-18/h6-7,9,11,14,16,18,21,23H,4-5,8,12-13,15H2,1-3H3,(H,29,34)(H,30,31). The Labute approximate surface area is 210 Å². The lowest BCUT2D eigenvalue weighted by Gasteiger charge is -2.38. The number of anilines is 2. The monoisotopic (exact) mass is 488 g/mol. The molecule has 2 fully saturated rings. The van der Waals surface area contributed by atoms with Crippen molar-refractivity contribution in [2.45, 2.75) is 52.1 Å². The number of hydrogen-bond acceptors (Lipinski definition) is 6. The van der Waals surface area contributed by atoms with Gasteiger partial charge in [0.15, 0.2) is 5.82 Å². The number of aryl methyl sites for hydroxylation is 1. The van der Waals surface area contributed by atoms with E-state index in [0.717, 1.165) is 24.1 Å². The summed E-state index contributed by atoms with van der Waals surface area (Å²) in [6.07, 6.45) is 4.09. The average Bonchev–Trinajstić information content (AvgIpc) is 3.64. The van der Waals surface area contributed by atoms with E-state index in [1.54, 1.807) is 6.20 Å². The molecule has 3 aromatic rings. The number of benzene rings is 1. The molecule has 5 rings (SSSR count). The Kier molecular flexibility index (Phi) is 6.54. The third kappa shape index (κ3) is 4.49. The summed E-state index contributed by atoms with van der Waals surface area (Å²) in [5.41, 5.74) is 2.72. The molecule has 1 aromatic carbocycles. The van der Waals surface area contributed by atoms with Crippen molar-refractivity contribution in [1.82, 2.24) is 19.7 Å². The summed E-state index contributed by atoms with van der Waals surface area (Å²) >= 11 is 0. The van der Waals surface area contributed by atoms with Crippen LogP contribution < -0.4 is 10.9 Å². The fraction of sp³-hybridized carbons (Fsp3) is 0.481. The summed E-state index contributed by atoms with van der Waals surface area (Å²) in [7, 11) is 0. The molecule has 1 aliphatic carbocycles. The van der Waals surface area contributed by atoms with Crippen molar-refractivity contribution >= 4 is 28.3 Å². The normalized spacial score (nSPS) is 18.9.